The van der Waals surface area contributed by atoms with Gasteiger partial charge in [-0.15, -0.1) is 0 Å². The van der Waals surface area contributed by atoms with Crippen molar-refractivity contribution in [2.24, 2.45) is 11.8 Å². The largest absolute Gasteiger partial charge is 0.316 e. The molecule has 0 spiro atoms. The molecule has 1 fully saturated rings. The van der Waals surface area contributed by atoms with Crippen molar-refractivity contribution in [2.75, 3.05) is 7.05 Å². The summed E-state index contributed by atoms with van der Waals surface area (Å²) >= 11 is 0. The summed E-state index contributed by atoms with van der Waals surface area (Å²) in [5.41, 5.74) is 2.96. The predicted molar refractivity (Wildman–Crippen MR) is 69.7 cm³/mol. The number of benzene rings is 1. The molecule has 1 heteroatoms. The van der Waals surface area contributed by atoms with Gasteiger partial charge < -0.3 is 5.32 Å². The third-order valence-corrected chi connectivity index (χ3v) is 4.37. The first-order valence-electron chi connectivity index (χ1n) is 6.45. The minimum absolute atomic E-state index is 0.691. The van der Waals surface area contributed by atoms with E-state index in [1.807, 2.05) is 0 Å². The van der Waals surface area contributed by atoms with Crippen LogP contribution in [0.1, 0.15) is 37.8 Å². The molecule has 1 aromatic carbocycles. The van der Waals surface area contributed by atoms with Crippen molar-refractivity contribution in [1.82, 2.24) is 5.32 Å². The van der Waals surface area contributed by atoms with Gasteiger partial charge in [0, 0.05) is 6.04 Å². The molecular weight excluding hydrogens is 194 g/mol. The van der Waals surface area contributed by atoms with Crippen LogP contribution >= 0.6 is 0 Å². The van der Waals surface area contributed by atoms with Crippen LogP contribution < -0.4 is 5.32 Å². The van der Waals surface area contributed by atoms with Gasteiger partial charge in [0.15, 0.2) is 0 Å². The molecule has 0 saturated heterocycles. The average molecular weight is 217 g/mol. The Hall–Kier alpha value is -0.820. The second kappa shape index (κ2) is 4.58. The fraction of sp³-hybridized carbons (Fsp3) is 0.600. The van der Waals surface area contributed by atoms with E-state index in [0.29, 0.717) is 6.04 Å². The zero-order valence-electron chi connectivity index (χ0n) is 10.8. The Morgan fingerprint density at radius 3 is 2.06 bits per heavy atom. The molecule has 88 valence electrons. The molecule has 2 rings (SSSR count). The molecule has 1 aliphatic rings. The first-order chi connectivity index (χ1) is 7.69. The second-order valence-electron chi connectivity index (χ2n) is 5.15. The van der Waals surface area contributed by atoms with Crippen LogP contribution in [0.4, 0.5) is 0 Å². The molecule has 0 bridgehead atoms. The normalized spacial score (nSPS) is 33.5. The first kappa shape index (κ1) is 11.7. The molecule has 1 aromatic rings. The molecule has 16 heavy (non-hydrogen) atoms. The molecule has 0 amide bonds. The summed E-state index contributed by atoms with van der Waals surface area (Å²) in [6.07, 6.45) is 1.13. The molecule has 0 aromatic heterocycles. The maximum absolute atomic E-state index is 3.42. The van der Waals surface area contributed by atoms with Crippen molar-refractivity contribution in [3.05, 3.63) is 35.4 Å². The number of aryl methyl sites for hydroxylation is 1. The Kier molecular flexibility index (Phi) is 3.34. The van der Waals surface area contributed by atoms with Crippen LogP contribution in [0, 0.1) is 11.8 Å². The first-order valence-corrected chi connectivity index (χ1v) is 6.45. The fourth-order valence-electron chi connectivity index (χ4n) is 3.37. The molecule has 1 N–H and O–H groups in total. The fourth-order valence-corrected chi connectivity index (χ4v) is 3.37. The third-order valence-electron chi connectivity index (χ3n) is 4.37. The molecule has 1 aliphatic carbocycles. The van der Waals surface area contributed by atoms with Crippen molar-refractivity contribution < 1.29 is 0 Å². The summed E-state index contributed by atoms with van der Waals surface area (Å²) in [4.78, 5) is 0. The quantitative estimate of drug-likeness (QED) is 0.820. The Balaban J connectivity index is 2.13. The summed E-state index contributed by atoms with van der Waals surface area (Å²) in [6.45, 7) is 6.93. The summed E-state index contributed by atoms with van der Waals surface area (Å²) in [5, 5.41) is 3.42. The highest BCUT2D eigenvalue weighted by Crippen LogP contribution is 2.47. The van der Waals surface area contributed by atoms with E-state index in [9.17, 15) is 0 Å². The maximum atomic E-state index is 3.42. The van der Waals surface area contributed by atoms with Crippen LogP contribution in [-0.4, -0.2) is 13.1 Å². The minimum Gasteiger partial charge on any atom is -0.316 e. The van der Waals surface area contributed by atoms with E-state index in [2.05, 4.69) is 57.4 Å². The van der Waals surface area contributed by atoms with E-state index in [1.165, 1.54) is 11.1 Å². The van der Waals surface area contributed by atoms with E-state index >= 15 is 0 Å². The van der Waals surface area contributed by atoms with E-state index < -0.39 is 0 Å². The minimum atomic E-state index is 0.691. The summed E-state index contributed by atoms with van der Waals surface area (Å²) in [5.74, 6) is 2.25. The highest BCUT2D eigenvalue weighted by molar-refractivity contribution is 5.29. The highest BCUT2D eigenvalue weighted by atomic mass is 14.9. The SMILES string of the molecule is CCc1ccc(C2C(C)C(NC)C2C)cc1. The smallest absolute Gasteiger partial charge is 0.0127 e. The lowest BCUT2D eigenvalue weighted by Gasteiger charge is -2.49. The van der Waals surface area contributed by atoms with Gasteiger partial charge in [0.1, 0.15) is 0 Å². The van der Waals surface area contributed by atoms with Gasteiger partial charge in [0.05, 0.1) is 0 Å². The van der Waals surface area contributed by atoms with Gasteiger partial charge in [0.25, 0.3) is 0 Å². The van der Waals surface area contributed by atoms with Crippen molar-refractivity contribution in [3.63, 3.8) is 0 Å². The summed E-state index contributed by atoms with van der Waals surface area (Å²) in [6, 6.07) is 9.89. The molecule has 0 aliphatic heterocycles. The van der Waals surface area contributed by atoms with Gasteiger partial charge in [-0.2, -0.15) is 0 Å². The lowest BCUT2D eigenvalue weighted by molar-refractivity contribution is 0.103. The molecule has 1 saturated carbocycles. The van der Waals surface area contributed by atoms with E-state index in [4.69, 9.17) is 0 Å². The molecule has 0 heterocycles. The van der Waals surface area contributed by atoms with E-state index in [0.717, 1.165) is 24.2 Å². The Bertz CT molecular complexity index is 331. The Morgan fingerprint density at radius 2 is 1.62 bits per heavy atom. The number of hydrogen-bond donors (Lipinski definition) is 1. The standard InChI is InChI=1S/C15H23N/c1-5-12-6-8-13(9-7-12)14-10(2)15(16-4)11(14)3/h6-11,14-16H,5H2,1-4H3. The van der Waals surface area contributed by atoms with Gasteiger partial charge in [-0.05, 0) is 42.3 Å². The van der Waals surface area contributed by atoms with Crippen molar-refractivity contribution in [2.45, 2.75) is 39.2 Å². The third kappa shape index (κ3) is 1.78. The number of rotatable bonds is 3. The van der Waals surface area contributed by atoms with E-state index in [1.54, 1.807) is 0 Å². The van der Waals surface area contributed by atoms with Gasteiger partial charge in [-0.3, -0.25) is 0 Å². The maximum Gasteiger partial charge on any atom is 0.0127 e. The van der Waals surface area contributed by atoms with Crippen LogP contribution in [-0.2, 0) is 6.42 Å². The Labute approximate surface area is 99.3 Å². The number of nitrogens with one attached hydrogen (secondary N) is 1. The van der Waals surface area contributed by atoms with Crippen molar-refractivity contribution >= 4 is 0 Å². The average Bonchev–Trinajstić information content (AvgIpc) is 2.31. The molecule has 0 radical (unpaired) electrons. The lowest BCUT2D eigenvalue weighted by Crippen LogP contribution is -2.53. The predicted octanol–water partition coefficient (Wildman–Crippen LogP) is 3.21. The van der Waals surface area contributed by atoms with Gasteiger partial charge >= 0.3 is 0 Å². The number of hydrogen-bond acceptors (Lipinski definition) is 1. The zero-order valence-corrected chi connectivity index (χ0v) is 10.8. The molecule has 2 atom stereocenters. The van der Waals surface area contributed by atoms with E-state index in [-0.39, 0.29) is 0 Å². The van der Waals surface area contributed by atoms with Crippen molar-refractivity contribution in [3.8, 4) is 0 Å². The van der Waals surface area contributed by atoms with Gasteiger partial charge in [-0.25, -0.2) is 0 Å². The van der Waals surface area contributed by atoms with Crippen molar-refractivity contribution in [1.29, 1.82) is 0 Å². The molecule has 2 unspecified atom stereocenters. The van der Waals surface area contributed by atoms with Crippen LogP contribution in [0.25, 0.3) is 0 Å². The zero-order chi connectivity index (χ0) is 11.7. The van der Waals surface area contributed by atoms with Crippen LogP contribution in [0.3, 0.4) is 0 Å². The Morgan fingerprint density at radius 1 is 1.06 bits per heavy atom. The monoisotopic (exact) mass is 217 g/mol. The van der Waals surface area contributed by atoms with Gasteiger partial charge in [0.2, 0.25) is 0 Å². The van der Waals surface area contributed by atoms with Crippen LogP contribution in [0.2, 0.25) is 0 Å². The highest BCUT2D eigenvalue weighted by Gasteiger charge is 2.44. The van der Waals surface area contributed by atoms with Crippen LogP contribution in [0.5, 0.6) is 0 Å². The molecule has 1 nitrogen and oxygen atoms in total. The molecular formula is C15H23N. The summed E-state index contributed by atoms with van der Waals surface area (Å²) < 4.78 is 0. The second-order valence-corrected chi connectivity index (χ2v) is 5.15. The van der Waals surface area contributed by atoms with Crippen LogP contribution in [0.15, 0.2) is 24.3 Å². The van der Waals surface area contributed by atoms with Gasteiger partial charge in [-0.1, -0.05) is 45.0 Å². The lowest BCUT2D eigenvalue weighted by atomic mass is 9.59. The topological polar surface area (TPSA) is 12.0 Å². The summed E-state index contributed by atoms with van der Waals surface area (Å²) in [7, 11) is 2.08.